The van der Waals surface area contributed by atoms with Gasteiger partial charge < -0.3 is 9.80 Å². The van der Waals surface area contributed by atoms with Crippen LogP contribution < -0.4 is 5.56 Å². The molecule has 2 amide bonds. The molecular formula is C20H24N4O3. The minimum absolute atomic E-state index is 0.0195. The van der Waals surface area contributed by atoms with E-state index in [2.05, 4.69) is 16.3 Å². The van der Waals surface area contributed by atoms with Crippen molar-refractivity contribution in [2.75, 3.05) is 26.2 Å². The maximum absolute atomic E-state index is 13.1. The van der Waals surface area contributed by atoms with Crippen molar-refractivity contribution in [1.29, 1.82) is 0 Å². The Morgan fingerprint density at radius 1 is 0.889 bits per heavy atom. The minimum atomic E-state index is -0.346. The molecule has 27 heavy (non-hydrogen) atoms. The normalized spacial score (nSPS) is 14.4. The van der Waals surface area contributed by atoms with Crippen LogP contribution in [0.1, 0.15) is 43.1 Å². The molecule has 2 aromatic rings. The first-order valence-electron chi connectivity index (χ1n) is 9.01. The van der Waals surface area contributed by atoms with Crippen molar-refractivity contribution in [3.05, 3.63) is 62.1 Å². The molecule has 142 valence electrons. The number of carbonyl (C=O) groups is 2. The molecule has 1 aliphatic rings. The Bertz CT molecular complexity index is 910. The summed E-state index contributed by atoms with van der Waals surface area (Å²) in [5, 5.41) is 6.06. The summed E-state index contributed by atoms with van der Waals surface area (Å²) in [7, 11) is 0. The summed E-state index contributed by atoms with van der Waals surface area (Å²) in [4.78, 5) is 40.1. The third kappa shape index (κ3) is 3.63. The second-order valence-electron chi connectivity index (χ2n) is 7.03. The van der Waals surface area contributed by atoms with Crippen LogP contribution in [0.5, 0.6) is 0 Å². The lowest BCUT2D eigenvalue weighted by atomic mass is 9.93. The molecule has 1 aromatic heterocycles. The molecule has 1 saturated heterocycles. The fourth-order valence-corrected chi connectivity index (χ4v) is 3.43. The van der Waals surface area contributed by atoms with Crippen LogP contribution in [0.25, 0.3) is 0 Å². The van der Waals surface area contributed by atoms with Gasteiger partial charge in [0.25, 0.3) is 17.4 Å². The Hall–Kier alpha value is -2.96. The van der Waals surface area contributed by atoms with Crippen LogP contribution in [-0.2, 0) is 0 Å². The molecule has 1 N–H and O–H groups in total. The predicted molar refractivity (Wildman–Crippen MR) is 102 cm³/mol. The van der Waals surface area contributed by atoms with Crippen LogP contribution in [0.4, 0.5) is 0 Å². The fraction of sp³-hybridized carbons (Fsp3) is 0.400. The lowest BCUT2D eigenvalue weighted by Gasteiger charge is -2.35. The van der Waals surface area contributed by atoms with E-state index < -0.39 is 0 Å². The van der Waals surface area contributed by atoms with Crippen molar-refractivity contribution in [2.24, 2.45) is 0 Å². The largest absolute Gasteiger partial charge is 0.335 e. The van der Waals surface area contributed by atoms with Gasteiger partial charge in [-0.05, 0) is 56.0 Å². The second-order valence-corrected chi connectivity index (χ2v) is 7.03. The van der Waals surface area contributed by atoms with E-state index in [0.717, 1.165) is 27.8 Å². The molecule has 0 spiro atoms. The SMILES string of the molecule is Cc1cc(C)c(C)c(C(=O)N2CCN(C(=O)c3ccc(=O)[nH]n3)CC2)c1C. The Balaban J connectivity index is 1.73. The van der Waals surface area contributed by atoms with Gasteiger partial charge >= 0.3 is 0 Å². The first-order valence-corrected chi connectivity index (χ1v) is 9.01. The van der Waals surface area contributed by atoms with E-state index in [1.165, 1.54) is 12.1 Å². The van der Waals surface area contributed by atoms with E-state index >= 15 is 0 Å². The number of rotatable bonds is 2. The maximum Gasteiger partial charge on any atom is 0.274 e. The quantitative estimate of drug-likeness (QED) is 0.872. The Morgan fingerprint density at radius 3 is 1.89 bits per heavy atom. The molecule has 1 fully saturated rings. The van der Waals surface area contributed by atoms with Gasteiger partial charge in [0.15, 0.2) is 0 Å². The van der Waals surface area contributed by atoms with E-state index in [4.69, 9.17) is 0 Å². The van der Waals surface area contributed by atoms with Crippen molar-refractivity contribution in [2.45, 2.75) is 27.7 Å². The van der Waals surface area contributed by atoms with E-state index in [-0.39, 0.29) is 23.1 Å². The van der Waals surface area contributed by atoms with Crippen molar-refractivity contribution in [3.8, 4) is 0 Å². The number of nitrogens with one attached hydrogen (secondary N) is 1. The summed E-state index contributed by atoms with van der Waals surface area (Å²) in [5.41, 5.74) is 4.88. The van der Waals surface area contributed by atoms with Gasteiger partial charge in [0.2, 0.25) is 0 Å². The molecule has 0 aliphatic carbocycles. The van der Waals surface area contributed by atoms with Gasteiger partial charge in [-0.2, -0.15) is 5.10 Å². The van der Waals surface area contributed by atoms with E-state index in [9.17, 15) is 14.4 Å². The highest BCUT2D eigenvalue weighted by Crippen LogP contribution is 2.23. The van der Waals surface area contributed by atoms with Crippen molar-refractivity contribution in [3.63, 3.8) is 0 Å². The van der Waals surface area contributed by atoms with Crippen molar-refractivity contribution >= 4 is 11.8 Å². The Labute approximate surface area is 158 Å². The van der Waals surface area contributed by atoms with E-state index in [0.29, 0.717) is 26.2 Å². The van der Waals surface area contributed by atoms with Gasteiger partial charge in [-0.3, -0.25) is 14.4 Å². The molecule has 0 saturated carbocycles. The third-order valence-electron chi connectivity index (χ3n) is 5.33. The van der Waals surface area contributed by atoms with Crippen LogP contribution in [-0.4, -0.2) is 58.0 Å². The standard InChI is InChI=1S/C20H24N4O3/c1-12-11-13(2)15(4)18(14(12)3)20(27)24-9-7-23(8-10-24)19(26)16-5-6-17(25)22-21-16/h5-6,11H,7-10H2,1-4H3,(H,22,25). The van der Waals surface area contributed by atoms with Gasteiger partial charge in [-0.25, -0.2) is 5.10 Å². The van der Waals surface area contributed by atoms with Crippen LogP contribution in [0.15, 0.2) is 23.0 Å². The fourth-order valence-electron chi connectivity index (χ4n) is 3.43. The van der Waals surface area contributed by atoms with E-state index in [1.807, 2.05) is 27.7 Å². The number of H-pyrrole nitrogens is 1. The second kappa shape index (κ2) is 7.34. The summed E-state index contributed by atoms with van der Waals surface area (Å²) in [6, 6.07) is 4.81. The number of piperazine rings is 1. The highest BCUT2D eigenvalue weighted by molar-refractivity contribution is 5.98. The highest BCUT2D eigenvalue weighted by atomic mass is 16.2. The summed E-state index contributed by atoms with van der Waals surface area (Å²) < 4.78 is 0. The number of carbonyl (C=O) groups excluding carboxylic acids is 2. The van der Waals surface area contributed by atoms with E-state index in [1.54, 1.807) is 9.80 Å². The molecule has 0 unspecified atom stereocenters. The molecule has 2 heterocycles. The topological polar surface area (TPSA) is 86.4 Å². The van der Waals surface area contributed by atoms with Crippen LogP contribution in [0.2, 0.25) is 0 Å². The van der Waals surface area contributed by atoms with Gasteiger partial charge in [0, 0.05) is 37.8 Å². The van der Waals surface area contributed by atoms with Crippen LogP contribution in [0.3, 0.4) is 0 Å². The molecule has 7 heteroatoms. The smallest absolute Gasteiger partial charge is 0.274 e. The van der Waals surface area contributed by atoms with Crippen LogP contribution >= 0.6 is 0 Å². The first kappa shape index (κ1) is 18.8. The number of nitrogens with zero attached hydrogens (tertiary/aromatic N) is 3. The number of aromatic nitrogens is 2. The lowest BCUT2D eigenvalue weighted by Crippen LogP contribution is -2.51. The Kier molecular flexibility index (Phi) is 5.12. The molecule has 3 rings (SSSR count). The molecule has 0 bridgehead atoms. The number of hydrogen-bond acceptors (Lipinski definition) is 4. The average Bonchev–Trinajstić information content (AvgIpc) is 2.67. The summed E-state index contributed by atoms with van der Waals surface area (Å²) >= 11 is 0. The maximum atomic E-state index is 13.1. The molecule has 0 atom stereocenters. The molecule has 7 nitrogen and oxygen atoms in total. The zero-order chi connectivity index (χ0) is 19.7. The molecule has 1 aromatic carbocycles. The summed E-state index contributed by atoms with van der Waals surface area (Å²) in [5.74, 6) is -0.219. The number of hydrogen-bond donors (Lipinski definition) is 1. The van der Waals surface area contributed by atoms with Gasteiger partial charge in [0.1, 0.15) is 5.69 Å². The van der Waals surface area contributed by atoms with Gasteiger partial charge in [-0.15, -0.1) is 0 Å². The number of benzene rings is 1. The van der Waals surface area contributed by atoms with Gasteiger partial charge in [-0.1, -0.05) is 6.07 Å². The predicted octanol–water partition coefficient (Wildman–Crippen LogP) is 1.60. The first-order chi connectivity index (χ1) is 12.8. The molecule has 0 radical (unpaired) electrons. The van der Waals surface area contributed by atoms with Crippen LogP contribution in [0, 0.1) is 27.7 Å². The lowest BCUT2D eigenvalue weighted by molar-refractivity contribution is 0.0530. The summed E-state index contributed by atoms with van der Waals surface area (Å²) in [6.07, 6.45) is 0. The number of aryl methyl sites for hydroxylation is 2. The van der Waals surface area contributed by atoms with Gasteiger partial charge in [0.05, 0.1) is 0 Å². The zero-order valence-corrected chi connectivity index (χ0v) is 16.1. The average molecular weight is 368 g/mol. The Morgan fingerprint density at radius 2 is 1.41 bits per heavy atom. The minimum Gasteiger partial charge on any atom is -0.335 e. The number of aromatic amines is 1. The zero-order valence-electron chi connectivity index (χ0n) is 16.1. The summed E-state index contributed by atoms with van der Waals surface area (Å²) in [6.45, 7) is 9.83. The third-order valence-corrected chi connectivity index (χ3v) is 5.33. The highest BCUT2D eigenvalue weighted by Gasteiger charge is 2.28. The molecular weight excluding hydrogens is 344 g/mol. The number of amides is 2. The monoisotopic (exact) mass is 368 g/mol. The van der Waals surface area contributed by atoms with Crippen molar-refractivity contribution < 1.29 is 9.59 Å². The molecule has 1 aliphatic heterocycles. The van der Waals surface area contributed by atoms with Crippen molar-refractivity contribution in [1.82, 2.24) is 20.0 Å².